The molecular formula is C11H17NO2. The second-order valence-electron chi connectivity index (χ2n) is 3.81. The molecule has 0 aromatic rings. The van der Waals surface area contributed by atoms with Crippen molar-refractivity contribution >= 4 is 5.97 Å². The molecule has 1 fully saturated rings. The number of hydrogen-bond donors (Lipinski definition) is 1. The fourth-order valence-electron chi connectivity index (χ4n) is 2.21. The Bertz CT molecular complexity index is 257. The minimum absolute atomic E-state index is 0.183. The third-order valence-corrected chi connectivity index (χ3v) is 3.11. The van der Waals surface area contributed by atoms with Crippen molar-refractivity contribution in [2.45, 2.75) is 31.7 Å². The van der Waals surface area contributed by atoms with Crippen molar-refractivity contribution in [3.8, 4) is 12.3 Å². The molecular weight excluding hydrogens is 178 g/mol. The molecule has 2 atom stereocenters. The summed E-state index contributed by atoms with van der Waals surface area (Å²) < 4.78 is 4.83. The maximum Gasteiger partial charge on any atom is 0.326 e. The fraction of sp³-hybridized carbons (Fsp3) is 0.727. The van der Waals surface area contributed by atoms with E-state index in [-0.39, 0.29) is 5.97 Å². The van der Waals surface area contributed by atoms with Crippen LogP contribution in [0.3, 0.4) is 0 Å². The zero-order valence-electron chi connectivity index (χ0n) is 8.80. The molecule has 0 aliphatic heterocycles. The molecule has 78 valence electrons. The second kappa shape index (κ2) is 4.47. The fourth-order valence-corrected chi connectivity index (χ4v) is 2.21. The summed E-state index contributed by atoms with van der Waals surface area (Å²) in [5.74, 6) is 2.61. The Hall–Kier alpha value is -1.01. The average molecular weight is 195 g/mol. The van der Waals surface area contributed by atoms with Gasteiger partial charge in [0.25, 0.3) is 0 Å². The van der Waals surface area contributed by atoms with Gasteiger partial charge in [0.05, 0.1) is 13.7 Å². The molecule has 3 heteroatoms. The summed E-state index contributed by atoms with van der Waals surface area (Å²) in [4.78, 5) is 11.7. The van der Waals surface area contributed by atoms with Crippen LogP contribution >= 0.6 is 0 Å². The van der Waals surface area contributed by atoms with E-state index in [1.54, 1.807) is 0 Å². The highest BCUT2D eigenvalue weighted by Gasteiger charge is 2.47. The molecule has 0 bridgehead atoms. The van der Waals surface area contributed by atoms with E-state index in [9.17, 15) is 4.79 Å². The Balaban J connectivity index is 2.79. The molecule has 0 heterocycles. The zero-order valence-corrected chi connectivity index (χ0v) is 8.80. The lowest BCUT2D eigenvalue weighted by atomic mass is 9.88. The van der Waals surface area contributed by atoms with Gasteiger partial charge in [-0.15, -0.1) is 6.42 Å². The normalized spacial score (nSPS) is 31.1. The van der Waals surface area contributed by atoms with Crippen molar-refractivity contribution in [1.82, 2.24) is 5.32 Å². The van der Waals surface area contributed by atoms with Gasteiger partial charge in [-0.1, -0.05) is 19.3 Å². The maximum absolute atomic E-state index is 11.7. The third-order valence-electron chi connectivity index (χ3n) is 3.11. The number of terminal acetylenes is 1. The molecule has 3 nitrogen and oxygen atoms in total. The van der Waals surface area contributed by atoms with Crippen LogP contribution in [-0.4, -0.2) is 25.2 Å². The van der Waals surface area contributed by atoms with Crippen molar-refractivity contribution in [3.05, 3.63) is 0 Å². The van der Waals surface area contributed by atoms with Crippen molar-refractivity contribution in [2.75, 3.05) is 13.7 Å². The number of esters is 1. The summed E-state index contributed by atoms with van der Waals surface area (Å²) in [7, 11) is 1.42. The molecule has 0 saturated heterocycles. The Labute approximate surface area is 85.2 Å². The Kier molecular flexibility index (Phi) is 3.54. The van der Waals surface area contributed by atoms with E-state index < -0.39 is 5.54 Å². The van der Waals surface area contributed by atoms with Crippen LogP contribution in [0, 0.1) is 18.3 Å². The number of nitrogens with one attached hydrogen (secondary N) is 1. The van der Waals surface area contributed by atoms with E-state index >= 15 is 0 Å². The quantitative estimate of drug-likeness (QED) is 0.538. The number of carbonyl (C=O) groups excluding carboxylic acids is 1. The first-order valence-electron chi connectivity index (χ1n) is 4.94. The van der Waals surface area contributed by atoms with Crippen LogP contribution in [0.4, 0.5) is 0 Å². The highest BCUT2D eigenvalue weighted by atomic mass is 16.5. The first-order chi connectivity index (χ1) is 6.67. The molecule has 0 aromatic carbocycles. The lowest BCUT2D eigenvalue weighted by molar-refractivity contribution is -0.150. The van der Waals surface area contributed by atoms with Gasteiger partial charge in [0, 0.05) is 0 Å². The van der Waals surface area contributed by atoms with Crippen LogP contribution in [-0.2, 0) is 9.53 Å². The molecule has 0 amide bonds. The van der Waals surface area contributed by atoms with Gasteiger partial charge in [0.15, 0.2) is 0 Å². The largest absolute Gasteiger partial charge is 0.468 e. The molecule has 1 aliphatic carbocycles. The third kappa shape index (κ3) is 1.76. The molecule has 0 aromatic heterocycles. The second-order valence-corrected chi connectivity index (χ2v) is 3.81. The minimum Gasteiger partial charge on any atom is -0.468 e. The van der Waals surface area contributed by atoms with Gasteiger partial charge >= 0.3 is 5.97 Å². The standard InChI is InChI=1S/C11H17NO2/c1-4-8-12-11(10(13)14-3)7-5-6-9(11)2/h1,9,12H,5-8H2,2-3H3. The van der Waals surface area contributed by atoms with Crippen molar-refractivity contribution in [3.63, 3.8) is 0 Å². The van der Waals surface area contributed by atoms with Crippen LogP contribution in [0.2, 0.25) is 0 Å². The van der Waals surface area contributed by atoms with E-state index in [1.807, 2.05) is 0 Å². The SMILES string of the molecule is C#CCNC1(C(=O)OC)CCCC1C. The summed E-state index contributed by atoms with van der Waals surface area (Å²) in [6, 6.07) is 0. The van der Waals surface area contributed by atoms with Crippen molar-refractivity contribution < 1.29 is 9.53 Å². The summed E-state index contributed by atoms with van der Waals surface area (Å²) in [6.45, 7) is 2.48. The van der Waals surface area contributed by atoms with Gasteiger partial charge in [0.2, 0.25) is 0 Å². The minimum atomic E-state index is -0.541. The summed E-state index contributed by atoms with van der Waals surface area (Å²) in [6.07, 6.45) is 8.11. The molecule has 0 spiro atoms. The number of carbonyl (C=O) groups is 1. The monoisotopic (exact) mass is 195 g/mol. The zero-order chi connectivity index (χ0) is 10.6. The van der Waals surface area contributed by atoms with E-state index in [0.29, 0.717) is 12.5 Å². The highest BCUT2D eigenvalue weighted by molar-refractivity contribution is 5.81. The smallest absolute Gasteiger partial charge is 0.326 e. The number of hydrogen-bond acceptors (Lipinski definition) is 3. The van der Waals surface area contributed by atoms with Crippen LogP contribution < -0.4 is 5.32 Å². The summed E-state index contributed by atoms with van der Waals surface area (Å²) in [5, 5.41) is 3.13. The molecule has 1 N–H and O–H groups in total. The molecule has 1 saturated carbocycles. The first kappa shape index (κ1) is 11.1. The molecule has 1 rings (SSSR count). The topological polar surface area (TPSA) is 38.3 Å². The number of rotatable bonds is 3. The maximum atomic E-state index is 11.7. The van der Waals surface area contributed by atoms with Crippen molar-refractivity contribution in [2.24, 2.45) is 5.92 Å². The van der Waals surface area contributed by atoms with Gasteiger partial charge in [-0.2, -0.15) is 0 Å². The molecule has 2 unspecified atom stereocenters. The van der Waals surface area contributed by atoms with Gasteiger partial charge in [-0.3, -0.25) is 10.1 Å². The van der Waals surface area contributed by atoms with Gasteiger partial charge in [-0.05, 0) is 18.8 Å². The first-order valence-corrected chi connectivity index (χ1v) is 4.94. The average Bonchev–Trinajstić information content (AvgIpc) is 2.57. The number of ether oxygens (including phenoxy) is 1. The summed E-state index contributed by atoms with van der Waals surface area (Å²) >= 11 is 0. The molecule has 0 radical (unpaired) electrons. The van der Waals surface area contributed by atoms with Gasteiger partial charge in [0.1, 0.15) is 5.54 Å². The van der Waals surface area contributed by atoms with Crippen molar-refractivity contribution in [1.29, 1.82) is 0 Å². The van der Waals surface area contributed by atoms with E-state index in [0.717, 1.165) is 19.3 Å². The Morgan fingerprint density at radius 1 is 1.79 bits per heavy atom. The van der Waals surface area contributed by atoms with E-state index in [1.165, 1.54) is 7.11 Å². The molecule has 14 heavy (non-hydrogen) atoms. The van der Waals surface area contributed by atoms with Crippen LogP contribution in [0.1, 0.15) is 26.2 Å². The van der Waals surface area contributed by atoms with Crippen LogP contribution in [0.15, 0.2) is 0 Å². The predicted octanol–water partition coefficient (Wildman–Crippen LogP) is 0.941. The highest BCUT2D eigenvalue weighted by Crippen LogP contribution is 2.36. The number of methoxy groups -OCH3 is 1. The lowest BCUT2D eigenvalue weighted by Gasteiger charge is -2.31. The van der Waals surface area contributed by atoms with Crippen LogP contribution in [0.5, 0.6) is 0 Å². The molecule has 1 aliphatic rings. The van der Waals surface area contributed by atoms with Crippen LogP contribution in [0.25, 0.3) is 0 Å². The van der Waals surface area contributed by atoms with Gasteiger partial charge < -0.3 is 4.74 Å². The van der Waals surface area contributed by atoms with E-state index in [2.05, 4.69) is 18.2 Å². The Morgan fingerprint density at radius 2 is 2.50 bits per heavy atom. The predicted molar refractivity (Wildman–Crippen MR) is 54.6 cm³/mol. The summed E-state index contributed by atoms with van der Waals surface area (Å²) in [5.41, 5.74) is -0.541. The van der Waals surface area contributed by atoms with E-state index in [4.69, 9.17) is 11.2 Å². The Morgan fingerprint density at radius 3 is 2.93 bits per heavy atom. The lowest BCUT2D eigenvalue weighted by Crippen LogP contribution is -2.54. The van der Waals surface area contributed by atoms with Gasteiger partial charge in [-0.25, -0.2) is 0 Å².